The number of halogens is 1. The molecule has 0 saturated carbocycles. The lowest BCUT2D eigenvalue weighted by Crippen LogP contribution is -2.52. The number of carbonyl (C=O) groups is 2. The lowest BCUT2D eigenvalue weighted by Gasteiger charge is -2.38. The van der Waals surface area contributed by atoms with Crippen LogP contribution >= 0.6 is 11.8 Å². The molecule has 2 aliphatic rings. The van der Waals surface area contributed by atoms with Gasteiger partial charge in [-0.3, -0.25) is 4.79 Å². The summed E-state index contributed by atoms with van der Waals surface area (Å²) in [5.74, 6) is 1.36. The van der Waals surface area contributed by atoms with E-state index in [-0.39, 0.29) is 17.8 Å². The van der Waals surface area contributed by atoms with Crippen LogP contribution in [0.3, 0.4) is 0 Å². The second kappa shape index (κ2) is 7.64. The van der Waals surface area contributed by atoms with Crippen LogP contribution in [0.25, 0.3) is 0 Å². The van der Waals surface area contributed by atoms with Crippen molar-refractivity contribution in [3.63, 3.8) is 0 Å². The van der Waals surface area contributed by atoms with Gasteiger partial charge in [0.25, 0.3) is 0 Å². The van der Waals surface area contributed by atoms with Crippen molar-refractivity contribution in [3.05, 3.63) is 35.6 Å². The highest BCUT2D eigenvalue weighted by Gasteiger charge is 2.47. The minimum absolute atomic E-state index is 0.108. The molecule has 0 aromatic heterocycles. The van der Waals surface area contributed by atoms with Gasteiger partial charge in [-0.2, -0.15) is 11.8 Å². The predicted molar refractivity (Wildman–Crippen MR) is 94.8 cm³/mol. The van der Waals surface area contributed by atoms with Crippen molar-refractivity contribution in [3.8, 4) is 0 Å². The zero-order valence-corrected chi connectivity index (χ0v) is 15.2. The zero-order chi connectivity index (χ0) is 17.9. The highest BCUT2D eigenvalue weighted by Crippen LogP contribution is 2.31. The first-order valence-corrected chi connectivity index (χ1v) is 9.67. The Morgan fingerprint density at radius 2 is 2.08 bits per heavy atom. The molecule has 0 radical (unpaired) electrons. The van der Waals surface area contributed by atoms with E-state index in [9.17, 15) is 14.0 Å². The molecule has 2 amide bonds. The first-order chi connectivity index (χ1) is 12.0. The minimum Gasteiger partial charge on any atom is -0.439 e. The summed E-state index contributed by atoms with van der Waals surface area (Å²) in [6.45, 7) is 1.77. The summed E-state index contributed by atoms with van der Waals surface area (Å²) in [4.78, 5) is 27.5. The molecule has 2 heterocycles. The van der Waals surface area contributed by atoms with Gasteiger partial charge in [0, 0.05) is 31.5 Å². The van der Waals surface area contributed by atoms with Gasteiger partial charge in [0.15, 0.2) is 0 Å². The average Bonchev–Trinajstić information content (AvgIpc) is 2.86. The summed E-state index contributed by atoms with van der Waals surface area (Å²) in [6, 6.07) is 6.44. The second-order valence-electron chi connectivity index (χ2n) is 6.75. The lowest BCUT2D eigenvalue weighted by molar-refractivity contribution is -0.136. The molecule has 0 N–H and O–H groups in total. The number of rotatable bonds is 5. The van der Waals surface area contributed by atoms with Gasteiger partial charge in [-0.05, 0) is 30.5 Å². The zero-order valence-electron chi connectivity index (χ0n) is 14.4. The monoisotopic (exact) mass is 366 g/mol. The molecule has 5 nitrogen and oxygen atoms in total. The largest absolute Gasteiger partial charge is 0.439 e. The molecular formula is C18H23FN2O3S. The molecule has 3 rings (SSSR count). The standard InChI is InChI=1S/C18H23FN2O3S/c1-20-12-18(24-17(20)23)8-2-9-21(13-18)16(22)7-10-25-11-14-3-5-15(19)6-4-14/h3-6H,2,7-13H2,1H3/t18-/m0/s1. The van der Waals surface area contributed by atoms with Crippen molar-refractivity contribution < 1.29 is 18.7 Å². The first kappa shape index (κ1) is 18.0. The van der Waals surface area contributed by atoms with Gasteiger partial charge in [-0.15, -0.1) is 0 Å². The maximum atomic E-state index is 12.9. The number of benzene rings is 1. The fourth-order valence-corrected chi connectivity index (χ4v) is 4.30. The molecule has 0 aliphatic carbocycles. The number of nitrogens with zero attached hydrogens (tertiary/aromatic N) is 2. The molecule has 0 bridgehead atoms. The molecule has 2 aliphatic heterocycles. The summed E-state index contributed by atoms with van der Waals surface area (Å²) in [7, 11) is 1.73. The van der Waals surface area contributed by atoms with Crippen molar-refractivity contribution in [2.24, 2.45) is 0 Å². The fraction of sp³-hybridized carbons (Fsp3) is 0.556. The van der Waals surface area contributed by atoms with Crippen molar-refractivity contribution in [1.29, 1.82) is 0 Å². The van der Waals surface area contributed by atoms with Gasteiger partial charge in [-0.1, -0.05) is 12.1 Å². The van der Waals surface area contributed by atoms with Crippen LogP contribution in [-0.2, 0) is 15.3 Å². The van der Waals surface area contributed by atoms with Crippen LogP contribution in [0.4, 0.5) is 9.18 Å². The third kappa shape index (κ3) is 4.45. The molecule has 25 heavy (non-hydrogen) atoms. The van der Waals surface area contributed by atoms with E-state index in [2.05, 4.69) is 0 Å². The topological polar surface area (TPSA) is 49.9 Å². The quantitative estimate of drug-likeness (QED) is 0.752. The van der Waals surface area contributed by atoms with Gasteiger partial charge in [0.1, 0.15) is 11.4 Å². The molecule has 7 heteroatoms. The number of ether oxygens (including phenoxy) is 1. The van der Waals surface area contributed by atoms with Crippen LogP contribution in [-0.4, -0.2) is 59.8 Å². The van der Waals surface area contributed by atoms with E-state index in [4.69, 9.17) is 4.74 Å². The van der Waals surface area contributed by atoms with Crippen molar-refractivity contribution in [2.75, 3.05) is 32.4 Å². The number of thioether (sulfide) groups is 1. The Kier molecular flexibility index (Phi) is 5.51. The second-order valence-corrected chi connectivity index (χ2v) is 7.86. The van der Waals surface area contributed by atoms with Crippen molar-refractivity contribution in [2.45, 2.75) is 30.6 Å². The highest BCUT2D eigenvalue weighted by molar-refractivity contribution is 7.98. The SMILES string of the molecule is CN1C[C@]2(CCCN(C(=O)CCSCc3ccc(F)cc3)C2)OC1=O. The van der Waals surface area contributed by atoms with E-state index in [0.29, 0.717) is 19.5 Å². The minimum atomic E-state index is -0.527. The van der Waals surface area contributed by atoms with Crippen molar-refractivity contribution in [1.82, 2.24) is 9.80 Å². The Labute approximate surface area is 151 Å². The van der Waals surface area contributed by atoms with Crippen LogP contribution in [0, 0.1) is 5.82 Å². The van der Waals surface area contributed by atoms with E-state index in [1.807, 2.05) is 4.90 Å². The summed E-state index contributed by atoms with van der Waals surface area (Å²) < 4.78 is 18.4. The van der Waals surface area contributed by atoms with Crippen LogP contribution in [0.15, 0.2) is 24.3 Å². The van der Waals surface area contributed by atoms with Crippen LogP contribution in [0.5, 0.6) is 0 Å². The summed E-state index contributed by atoms with van der Waals surface area (Å²) in [5.41, 5.74) is 0.526. The Bertz CT molecular complexity index is 640. The summed E-state index contributed by atoms with van der Waals surface area (Å²) in [6.07, 6.45) is 1.83. The lowest BCUT2D eigenvalue weighted by atomic mass is 9.92. The van der Waals surface area contributed by atoms with Gasteiger partial charge < -0.3 is 14.5 Å². The van der Waals surface area contributed by atoms with E-state index < -0.39 is 5.60 Å². The normalized spacial score (nSPS) is 23.2. The third-order valence-corrected chi connectivity index (χ3v) is 5.71. The Morgan fingerprint density at radius 3 is 2.76 bits per heavy atom. The fourth-order valence-electron chi connectivity index (χ4n) is 3.40. The molecule has 1 aromatic rings. The first-order valence-electron chi connectivity index (χ1n) is 8.52. The van der Waals surface area contributed by atoms with E-state index in [1.54, 1.807) is 35.8 Å². The number of hydrogen-bond donors (Lipinski definition) is 0. The Balaban J connectivity index is 1.43. The molecule has 1 aromatic carbocycles. The van der Waals surface area contributed by atoms with Crippen LogP contribution in [0.2, 0.25) is 0 Å². The van der Waals surface area contributed by atoms with Crippen LogP contribution < -0.4 is 0 Å². The molecule has 0 unspecified atom stereocenters. The molecule has 1 atom stereocenters. The van der Waals surface area contributed by atoms with E-state index in [0.717, 1.165) is 36.5 Å². The number of amides is 2. The molecule has 2 fully saturated rings. The smallest absolute Gasteiger partial charge is 0.410 e. The summed E-state index contributed by atoms with van der Waals surface area (Å²) in [5, 5.41) is 0. The number of piperidine rings is 1. The average molecular weight is 366 g/mol. The molecule has 136 valence electrons. The maximum absolute atomic E-state index is 12.9. The van der Waals surface area contributed by atoms with Gasteiger partial charge in [-0.25, -0.2) is 9.18 Å². The van der Waals surface area contributed by atoms with Gasteiger partial charge >= 0.3 is 6.09 Å². The Hall–Kier alpha value is -1.76. The Morgan fingerprint density at radius 1 is 1.32 bits per heavy atom. The van der Waals surface area contributed by atoms with E-state index >= 15 is 0 Å². The van der Waals surface area contributed by atoms with Gasteiger partial charge in [0.05, 0.1) is 13.1 Å². The predicted octanol–water partition coefficient (Wildman–Crippen LogP) is 2.89. The molecule has 2 saturated heterocycles. The highest BCUT2D eigenvalue weighted by atomic mass is 32.2. The van der Waals surface area contributed by atoms with Crippen LogP contribution in [0.1, 0.15) is 24.8 Å². The number of carbonyl (C=O) groups excluding carboxylic acids is 2. The van der Waals surface area contributed by atoms with Crippen molar-refractivity contribution >= 4 is 23.8 Å². The van der Waals surface area contributed by atoms with E-state index in [1.165, 1.54) is 12.1 Å². The molecule has 1 spiro atoms. The number of hydrogen-bond acceptors (Lipinski definition) is 4. The maximum Gasteiger partial charge on any atom is 0.410 e. The number of likely N-dealkylation sites (tertiary alicyclic amines) is 1. The van der Waals surface area contributed by atoms with Gasteiger partial charge in [0.2, 0.25) is 5.91 Å². The molecular weight excluding hydrogens is 343 g/mol. The third-order valence-electron chi connectivity index (χ3n) is 4.68. The summed E-state index contributed by atoms with van der Waals surface area (Å²) >= 11 is 1.67. The number of likely N-dealkylation sites (N-methyl/N-ethyl adjacent to an activating group) is 1.